The summed E-state index contributed by atoms with van der Waals surface area (Å²) in [6.45, 7) is 1.11. The SMILES string of the molecule is CNC/C(=C/F)COc1ccc(S(=O)(=O)N2CCC(CC(=O)NCCO)CC2)cn1. The molecule has 1 aromatic heterocycles. The molecular weight excluding hydrogens is 415 g/mol. The van der Waals surface area contributed by atoms with Gasteiger partial charge in [-0.2, -0.15) is 4.31 Å². The lowest BCUT2D eigenvalue weighted by Gasteiger charge is -2.30. The van der Waals surface area contributed by atoms with Gasteiger partial charge in [0, 0.05) is 44.2 Å². The molecule has 0 aliphatic carbocycles. The van der Waals surface area contributed by atoms with Crippen LogP contribution in [0.1, 0.15) is 19.3 Å². The lowest BCUT2D eigenvalue weighted by atomic mass is 9.94. The van der Waals surface area contributed by atoms with E-state index in [1.54, 1.807) is 7.05 Å². The van der Waals surface area contributed by atoms with Crippen LogP contribution in [0.5, 0.6) is 5.88 Å². The molecule has 1 aliphatic heterocycles. The van der Waals surface area contributed by atoms with Crippen LogP contribution in [0, 0.1) is 5.92 Å². The number of nitrogens with one attached hydrogen (secondary N) is 2. The molecule has 0 atom stereocenters. The number of nitrogens with zero attached hydrogens (tertiary/aromatic N) is 2. The molecular formula is C19H29FN4O5S. The number of hydrogen-bond donors (Lipinski definition) is 3. The van der Waals surface area contributed by atoms with Crippen molar-refractivity contribution in [3.05, 3.63) is 30.2 Å². The van der Waals surface area contributed by atoms with Crippen molar-refractivity contribution in [2.45, 2.75) is 24.2 Å². The van der Waals surface area contributed by atoms with Gasteiger partial charge in [-0.25, -0.2) is 17.8 Å². The normalized spacial score (nSPS) is 16.4. The van der Waals surface area contributed by atoms with Gasteiger partial charge in [0.25, 0.3) is 0 Å². The number of rotatable bonds is 11. The van der Waals surface area contributed by atoms with Crippen LogP contribution in [0.4, 0.5) is 4.39 Å². The highest BCUT2D eigenvalue weighted by Gasteiger charge is 2.30. The van der Waals surface area contributed by atoms with Crippen molar-refractivity contribution in [2.24, 2.45) is 5.92 Å². The van der Waals surface area contributed by atoms with Gasteiger partial charge in [0.05, 0.1) is 19.1 Å². The zero-order valence-electron chi connectivity index (χ0n) is 17.0. The summed E-state index contributed by atoms with van der Waals surface area (Å²) >= 11 is 0. The summed E-state index contributed by atoms with van der Waals surface area (Å²) in [4.78, 5) is 15.8. The minimum Gasteiger partial charge on any atom is -0.473 e. The van der Waals surface area contributed by atoms with Crippen molar-refractivity contribution in [3.8, 4) is 5.88 Å². The first-order chi connectivity index (χ1) is 14.4. The Hall–Kier alpha value is -2.08. The van der Waals surface area contributed by atoms with Gasteiger partial charge in [0.2, 0.25) is 21.8 Å². The number of piperidine rings is 1. The van der Waals surface area contributed by atoms with Gasteiger partial charge in [-0.05, 0) is 31.9 Å². The zero-order chi connectivity index (χ0) is 22.0. The molecule has 9 nitrogen and oxygen atoms in total. The molecule has 2 rings (SSSR count). The topological polar surface area (TPSA) is 121 Å². The number of hydrogen-bond acceptors (Lipinski definition) is 7. The van der Waals surface area contributed by atoms with E-state index in [9.17, 15) is 17.6 Å². The standard InChI is InChI=1S/C19H29FN4O5S/c1-21-12-16(11-20)14-29-19-3-2-17(13-23-19)30(27,28)24-7-4-15(5-8-24)10-18(26)22-6-9-25/h2-3,11,13,15,21,25H,4-10,12,14H2,1H3,(H,22,26)/b16-11-. The van der Waals surface area contributed by atoms with Gasteiger partial charge < -0.3 is 20.5 Å². The largest absolute Gasteiger partial charge is 0.473 e. The van der Waals surface area contributed by atoms with Crippen molar-refractivity contribution < 1.29 is 27.4 Å². The minimum atomic E-state index is -3.69. The molecule has 30 heavy (non-hydrogen) atoms. The third-order valence-electron chi connectivity index (χ3n) is 4.79. The van der Waals surface area contributed by atoms with Crippen LogP contribution < -0.4 is 15.4 Å². The minimum absolute atomic E-state index is 0.00975. The predicted molar refractivity (Wildman–Crippen MR) is 109 cm³/mol. The number of aromatic nitrogens is 1. The average molecular weight is 445 g/mol. The van der Waals surface area contributed by atoms with E-state index in [0.717, 1.165) is 0 Å². The first-order valence-corrected chi connectivity index (χ1v) is 11.2. The fourth-order valence-electron chi connectivity index (χ4n) is 3.15. The Morgan fingerprint density at radius 2 is 2.13 bits per heavy atom. The zero-order valence-corrected chi connectivity index (χ0v) is 17.8. The van der Waals surface area contributed by atoms with Crippen LogP contribution in [0.2, 0.25) is 0 Å². The number of carbonyl (C=O) groups excluding carboxylic acids is 1. The number of aliphatic hydroxyl groups is 1. The fourth-order valence-corrected chi connectivity index (χ4v) is 4.57. The van der Waals surface area contributed by atoms with Gasteiger partial charge in [-0.15, -0.1) is 0 Å². The number of pyridine rings is 1. The molecule has 0 radical (unpaired) electrons. The average Bonchev–Trinajstić information content (AvgIpc) is 2.76. The second kappa shape index (κ2) is 11.9. The van der Waals surface area contributed by atoms with Crippen LogP contribution in [0.25, 0.3) is 0 Å². The summed E-state index contributed by atoms with van der Waals surface area (Å²) in [5.74, 6) is 0.182. The lowest BCUT2D eigenvalue weighted by Crippen LogP contribution is -2.39. The van der Waals surface area contributed by atoms with Crippen LogP contribution in [-0.2, 0) is 14.8 Å². The molecule has 0 bridgehead atoms. The first kappa shape index (κ1) is 24.2. The molecule has 0 spiro atoms. The van der Waals surface area contributed by atoms with E-state index >= 15 is 0 Å². The Kier molecular flexibility index (Phi) is 9.63. The maximum atomic E-state index is 12.8. The molecule has 1 fully saturated rings. The summed E-state index contributed by atoms with van der Waals surface area (Å²) < 4.78 is 45.2. The molecule has 1 amide bonds. The van der Waals surface area contributed by atoms with Crippen molar-refractivity contribution in [3.63, 3.8) is 0 Å². The number of carbonyl (C=O) groups is 1. The van der Waals surface area contributed by atoms with Gasteiger partial charge in [-0.1, -0.05) is 0 Å². The summed E-state index contributed by atoms with van der Waals surface area (Å²) in [7, 11) is -2.00. The van der Waals surface area contributed by atoms with Gasteiger partial charge in [-0.3, -0.25) is 4.79 Å². The second-order valence-corrected chi connectivity index (χ2v) is 8.98. The molecule has 168 valence electrons. The van der Waals surface area contributed by atoms with Crippen LogP contribution >= 0.6 is 0 Å². The van der Waals surface area contributed by atoms with E-state index in [0.29, 0.717) is 50.8 Å². The summed E-state index contributed by atoms with van der Waals surface area (Å²) in [5, 5.41) is 14.2. The highest BCUT2D eigenvalue weighted by atomic mass is 32.2. The Bertz CT molecular complexity index is 809. The molecule has 0 saturated carbocycles. The molecule has 0 unspecified atom stereocenters. The van der Waals surface area contributed by atoms with Crippen molar-refractivity contribution in [1.29, 1.82) is 0 Å². The monoisotopic (exact) mass is 444 g/mol. The van der Waals surface area contributed by atoms with Gasteiger partial charge in [0.1, 0.15) is 11.5 Å². The maximum Gasteiger partial charge on any atom is 0.244 e. The molecule has 3 N–H and O–H groups in total. The summed E-state index contributed by atoms with van der Waals surface area (Å²) in [6.07, 6.45) is 3.20. The molecule has 1 saturated heterocycles. The Morgan fingerprint density at radius 3 is 2.70 bits per heavy atom. The molecule has 11 heteroatoms. The van der Waals surface area contributed by atoms with Crippen LogP contribution in [-0.4, -0.2) is 75.2 Å². The number of aliphatic hydroxyl groups excluding tert-OH is 1. The van der Waals surface area contributed by atoms with Gasteiger partial charge in [0.15, 0.2) is 0 Å². The maximum absolute atomic E-state index is 12.8. The van der Waals surface area contributed by atoms with E-state index < -0.39 is 10.0 Å². The van der Waals surface area contributed by atoms with E-state index in [2.05, 4.69) is 15.6 Å². The summed E-state index contributed by atoms with van der Waals surface area (Å²) in [6, 6.07) is 2.86. The van der Waals surface area contributed by atoms with Crippen molar-refractivity contribution >= 4 is 15.9 Å². The quantitative estimate of drug-likeness (QED) is 0.453. The van der Waals surface area contributed by atoms with Gasteiger partial charge >= 0.3 is 0 Å². The third kappa shape index (κ3) is 7.01. The molecule has 0 aromatic carbocycles. The number of likely N-dealkylation sites (N-methyl/N-ethyl adjacent to an activating group) is 1. The van der Waals surface area contributed by atoms with Crippen LogP contribution in [0.15, 0.2) is 35.1 Å². The van der Waals surface area contributed by atoms with Crippen molar-refractivity contribution in [1.82, 2.24) is 19.9 Å². The van der Waals surface area contributed by atoms with E-state index in [1.807, 2.05) is 0 Å². The predicted octanol–water partition coefficient (Wildman–Crippen LogP) is 0.433. The number of halogens is 1. The first-order valence-electron chi connectivity index (χ1n) is 9.80. The Morgan fingerprint density at radius 1 is 1.40 bits per heavy atom. The number of sulfonamides is 1. The van der Waals surface area contributed by atoms with Crippen LogP contribution in [0.3, 0.4) is 0 Å². The third-order valence-corrected chi connectivity index (χ3v) is 6.67. The molecule has 1 aliphatic rings. The Labute approximate surface area is 176 Å². The second-order valence-electron chi connectivity index (χ2n) is 7.04. The van der Waals surface area contributed by atoms with E-state index in [4.69, 9.17) is 9.84 Å². The highest BCUT2D eigenvalue weighted by Crippen LogP contribution is 2.26. The van der Waals surface area contributed by atoms with E-state index in [1.165, 1.54) is 22.6 Å². The number of ether oxygens (including phenoxy) is 1. The number of amides is 1. The highest BCUT2D eigenvalue weighted by molar-refractivity contribution is 7.89. The smallest absolute Gasteiger partial charge is 0.244 e. The summed E-state index contributed by atoms with van der Waals surface area (Å²) in [5.41, 5.74) is 0.406. The van der Waals surface area contributed by atoms with Crippen molar-refractivity contribution in [2.75, 3.05) is 46.4 Å². The fraction of sp³-hybridized carbons (Fsp3) is 0.579. The molecule has 2 heterocycles. The molecule has 1 aromatic rings. The Balaban J connectivity index is 1.89. The lowest BCUT2D eigenvalue weighted by molar-refractivity contribution is -0.122. The van der Waals surface area contributed by atoms with E-state index in [-0.39, 0.29) is 42.4 Å².